The molecule has 2 heterocycles. The summed E-state index contributed by atoms with van der Waals surface area (Å²) in [7, 11) is 5.16. The first kappa shape index (κ1) is 15.8. The Morgan fingerprint density at radius 2 is 2.09 bits per heavy atom. The van der Waals surface area contributed by atoms with Gasteiger partial charge in [-0.3, -0.25) is 14.3 Å². The summed E-state index contributed by atoms with van der Waals surface area (Å²) in [4.78, 5) is 25.0. The van der Waals surface area contributed by atoms with Crippen LogP contribution >= 0.6 is 0 Å². The Morgan fingerprint density at radius 1 is 1.32 bits per heavy atom. The topological polar surface area (TPSA) is 80.4 Å². The van der Waals surface area contributed by atoms with Crippen molar-refractivity contribution in [2.75, 3.05) is 14.1 Å². The second-order valence-corrected chi connectivity index (χ2v) is 5.19. The van der Waals surface area contributed by atoms with Crippen molar-refractivity contribution in [2.45, 2.75) is 19.4 Å². The van der Waals surface area contributed by atoms with Crippen LogP contribution in [-0.2, 0) is 24.8 Å². The van der Waals surface area contributed by atoms with Gasteiger partial charge in [-0.05, 0) is 24.6 Å². The van der Waals surface area contributed by atoms with E-state index in [1.165, 1.54) is 4.90 Å². The Morgan fingerprint density at radius 3 is 2.73 bits per heavy atom. The lowest BCUT2D eigenvalue weighted by Crippen LogP contribution is -2.23. The molecule has 0 unspecified atom stereocenters. The summed E-state index contributed by atoms with van der Waals surface area (Å²) in [5.41, 5.74) is 1.01. The lowest BCUT2D eigenvalue weighted by atomic mass is 10.2. The first-order valence-corrected chi connectivity index (χ1v) is 7.01. The molecule has 0 atom stereocenters. The van der Waals surface area contributed by atoms with Gasteiger partial charge in [-0.2, -0.15) is 5.10 Å². The molecular weight excluding hydrogens is 284 g/mol. The number of hydrogen-bond donors (Lipinski definition) is 1. The number of aromatic nitrogens is 2. The minimum Gasteiger partial charge on any atom is -0.454 e. The maximum atomic E-state index is 11.8. The Labute approximate surface area is 128 Å². The van der Waals surface area contributed by atoms with E-state index in [0.29, 0.717) is 18.6 Å². The van der Waals surface area contributed by atoms with Gasteiger partial charge >= 0.3 is 0 Å². The van der Waals surface area contributed by atoms with Crippen molar-refractivity contribution in [3.05, 3.63) is 41.6 Å². The van der Waals surface area contributed by atoms with Gasteiger partial charge in [0.25, 0.3) is 5.91 Å². The molecule has 0 fully saturated rings. The van der Waals surface area contributed by atoms with Gasteiger partial charge in [-0.25, -0.2) is 0 Å². The maximum absolute atomic E-state index is 11.8. The number of hydrogen-bond acceptors (Lipinski definition) is 4. The predicted molar refractivity (Wildman–Crippen MR) is 80.1 cm³/mol. The van der Waals surface area contributed by atoms with Gasteiger partial charge in [0.2, 0.25) is 5.91 Å². The first-order valence-electron chi connectivity index (χ1n) is 7.01. The van der Waals surface area contributed by atoms with E-state index in [2.05, 4.69) is 10.4 Å². The molecule has 22 heavy (non-hydrogen) atoms. The third-order valence-corrected chi connectivity index (χ3v) is 3.27. The molecule has 7 nitrogen and oxygen atoms in total. The number of nitrogens with zero attached hydrogens (tertiary/aromatic N) is 3. The summed E-state index contributed by atoms with van der Waals surface area (Å²) in [5.74, 6) is 0.551. The smallest absolute Gasteiger partial charge is 0.289 e. The van der Waals surface area contributed by atoms with Gasteiger partial charge in [-0.1, -0.05) is 0 Å². The number of furan rings is 1. The van der Waals surface area contributed by atoms with Crippen LogP contribution in [0, 0.1) is 0 Å². The summed E-state index contributed by atoms with van der Waals surface area (Å²) < 4.78 is 7.16. The van der Waals surface area contributed by atoms with Crippen molar-refractivity contribution in [2.24, 2.45) is 7.05 Å². The molecule has 0 aromatic carbocycles. The highest BCUT2D eigenvalue weighted by Crippen LogP contribution is 2.09. The number of carbonyl (C=O) groups excluding carboxylic acids is 2. The van der Waals surface area contributed by atoms with E-state index in [1.54, 1.807) is 37.1 Å². The molecule has 2 aromatic heterocycles. The molecule has 2 rings (SSSR count). The van der Waals surface area contributed by atoms with Crippen molar-refractivity contribution >= 4 is 11.8 Å². The monoisotopic (exact) mass is 304 g/mol. The highest BCUT2D eigenvalue weighted by Gasteiger charge is 2.13. The van der Waals surface area contributed by atoms with Crippen LogP contribution in [0.5, 0.6) is 0 Å². The van der Waals surface area contributed by atoms with Crippen molar-refractivity contribution in [1.29, 1.82) is 0 Å². The van der Waals surface area contributed by atoms with Gasteiger partial charge in [0.15, 0.2) is 5.76 Å². The first-order chi connectivity index (χ1) is 10.5. The van der Waals surface area contributed by atoms with Crippen molar-refractivity contribution in [3.63, 3.8) is 0 Å². The van der Waals surface area contributed by atoms with Gasteiger partial charge < -0.3 is 14.6 Å². The van der Waals surface area contributed by atoms with Gasteiger partial charge in [-0.15, -0.1) is 0 Å². The van der Waals surface area contributed by atoms with Gasteiger partial charge in [0, 0.05) is 39.5 Å². The lowest BCUT2D eigenvalue weighted by molar-refractivity contribution is -0.121. The van der Waals surface area contributed by atoms with E-state index >= 15 is 0 Å². The number of rotatable bonds is 6. The zero-order valence-corrected chi connectivity index (χ0v) is 13.0. The molecule has 7 heteroatoms. The van der Waals surface area contributed by atoms with Gasteiger partial charge in [0.1, 0.15) is 5.76 Å². The highest BCUT2D eigenvalue weighted by atomic mass is 16.4. The van der Waals surface area contributed by atoms with Crippen LogP contribution in [0.4, 0.5) is 0 Å². The molecule has 2 aromatic rings. The van der Waals surface area contributed by atoms with Crippen LogP contribution in [0.2, 0.25) is 0 Å². The molecule has 0 saturated heterocycles. The molecular formula is C15H20N4O3. The number of amides is 2. The van der Waals surface area contributed by atoms with E-state index in [9.17, 15) is 9.59 Å². The van der Waals surface area contributed by atoms with E-state index in [4.69, 9.17) is 4.42 Å². The molecule has 0 aliphatic heterocycles. The summed E-state index contributed by atoms with van der Waals surface area (Å²) in [6, 6.07) is 5.19. The Hall–Kier alpha value is -2.57. The molecule has 0 saturated carbocycles. The average molecular weight is 304 g/mol. The summed E-state index contributed by atoms with van der Waals surface area (Å²) >= 11 is 0. The molecule has 2 amide bonds. The SMILES string of the molecule is CN(C)C(=O)c1ccc(CNC(=O)CCc2ccnn2C)o1. The number of nitrogens with one attached hydrogen (secondary N) is 1. The minimum atomic E-state index is -0.200. The molecule has 0 spiro atoms. The fourth-order valence-corrected chi connectivity index (χ4v) is 1.97. The fraction of sp³-hybridized carbons (Fsp3) is 0.400. The number of aryl methyl sites for hydroxylation is 2. The Balaban J connectivity index is 1.79. The molecule has 1 N–H and O–H groups in total. The van der Waals surface area contributed by atoms with E-state index in [0.717, 1.165) is 5.69 Å². The second kappa shape index (κ2) is 6.93. The van der Waals surface area contributed by atoms with Crippen LogP contribution in [0.15, 0.2) is 28.8 Å². The fourth-order valence-electron chi connectivity index (χ4n) is 1.97. The lowest BCUT2D eigenvalue weighted by Gasteiger charge is -2.07. The third-order valence-electron chi connectivity index (χ3n) is 3.27. The highest BCUT2D eigenvalue weighted by molar-refractivity contribution is 5.91. The molecule has 0 bridgehead atoms. The molecule has 0 aliphatic carbocycles. The molecule has 118 valence electrons. The zero-order chi connectivity index (χ0) is 16.1. The zero-order valence-electron chi connectivity index (χ0n) is 13.0. The van der Waals surface area contributed by atoms with Crippen molar-refractivity contribution in [1.82, 2.24) is 20.0 Å². The quantitative estimate of drug-likeness (QED) is 0.862. The average Bonchev–Trinajstić information content (AvgIpc) is 3.11. The van der Waals surface area contributed by atoms with E-state index in [1.807, 2.05) is 13.1 Å². The Bertz CT molecular complexity index is 657. The Kier molecular flexibility index (Phi) is 4.98. The van der Waals surface area contributed by atoms with Crippen molar-refractivity contribution < 1.29 is 14.0 Å². The van der Waals surface area contributed by atoms with Crippen LogP contribution in [0.1, 0.15) is 28.4 Å². The van der Waals surface area contributed by atoms with Crippen LogP contribution in [-0.4, -0.2) is 40.6 Å². The van der Waals surface area contributed by atoms with E-state index < -0.39 is 0 Å². The van der Waals surface area contributed by atoms with Crippen LogP contribution < -0.4 is 5.32 Å². The standard InChI is InChI=1S/C15H20N4O3/c1-18(2)15(21)13-6-5-12(22-13)10-16-14(20)7-4-11-8-9-17-19(11)3/h5-6,8-9H,4,7,10H2,1-3H3,(H,16,20). The minimum absolute atomic E-state index is 0.0712. The summed E-state index contributed by atoms with van der Waals surface area (Å²) in [6.45, 7) is 0.269. The van der Waals surface area contributed by atoms with E-state index in [-0.39, 0.29) is 24.1 Å². The summed E-state index contributed by atoms with van der Waals surface area (Å²) in [5, 5.41) is 6.83. The summed E-state index contributed by atoms with van der Waals surface area (Å²) in [6.07, 6.45) is 2.72. The number of carbonyl (C=O) groups is 2. The normalized spacial score (nSPS) is 10.5. The van der Waals surface area contributed by atoms with Crippen molar-refractivity contribution in [3.8, 4) is 0 Å². The largest absolute Gasteiger partial charge is 0.454 e. The van der Waals surface area contributed by atoms with Gasteiger partial charge in [0.05, 0.1) is 6.54 Å². The molecule has 0 radical (unpaired) electrons. The second-order valence-electron chi connectivity index (χ2n) is 5.19. The van der Waals surface area contributed by atoms with Crippen LogP contribution in [0.3, 0.4) is 0 Å². The van der Waals surface area contributed by atoms with Crippen LogP contribution in [0.25, 0.3) is 0 Å². The maximum Gasteiger partial charge on any atom is 0.289 e. The predicted octanol–water partition coefficient (Wildman–Crippen LogP) is 0.964. The molecule has 0 aliphatic rings. The third kappa shape index (κ3) is 3.97.